The van der Waals surface area contributed by atoms with Crippen LogP contribution in [0.1, 0.15) is 48.9 Å². The van der Waals surface area contributed by atoms with Crippen LogP contribution in [-0.2, 0) is 24.2 Å². The minimum atomic E-state index is -0.277. The fourth-order valence-corrected chi connectivity index (χ4v) is 4.66. The minimum absolute atomic E-state index is 0.000438. The smallest absolute Gasteiger partial charge is 0.332 e. The second-order valence-electron chi connectivity index (χ2n) is 9.57. The SMILES string of the molecule is CCCn1c2c(c(=O)n(C3CC3)c1=O)CC(c1ccc(N(CCOC)C(=O)NCc3ccccc3)nc1)=N2. The van der Waals surface area contributed by atoms with Crippen LogP contribution in [0.25, 0.3) is 0 Å². The van der Waals surface area contributed by atoms with Crippen molar-refractivity contribution >= 4 is 23.4 Å². The van der Waals surface area contributed by atoms with Gasteiger partial charge < -0.3 is 10.1 Å². The molecule has 1 aliphatic carbocycles. The highest BCUT2D eigenvalue weighted by Crippen LogP contribution is 2.34. The quantitative estimate of drug-likeness (QED) is 0.445. The molecule has 1 fully saturated rings. The Kier molecular flexibility index (Phi) is 7.50. The Balaban J connectivity index is 1.38. The van der Waals surface area contributed by atoms with E-state index in [1.54, 1.807) is 23.9 Å². The van der Waals surface area contributed by atoms with Crippen molar-refractivity contribution in [2.45, 2.75) is 51.7 Å². The van der Waals surface area contributed by atoms with Gasteiger partial charge in [-0.2, -0.15) is 0 Å². The molecule has 3 heterocycles. The largest absolute Gasteiger partial charge is 0.383 e. The van der Waals surface area contributed by atoms with Gasteiger partial charge in [-0.1, -0.05) is 37.3 Å². The van der Waals surface area contributed by atoms with E-state index in [1.807, 2.05) is 43.3 Å². The molecule has 0 spiro atoms. The molecule has 1 N–H and O–H groups in total. The molecular formula is C28H32N6O4. The molecule has 0 saturated heterocycles. The summed E-state index contributed by atoms with van der Waals surface area (Å²) in [5.74, 6) is 0.936. The lowest BCUT2D eigenvalue weighted by atomic mass is 10.1. The van der Waals surface area contributed by atoms with E-state index < -0.39 is 0 Å². The van der Waals surface area contributed by atoms with Crippen molar-refractivity contribution in [3.8, 4) is 0 Å². The number of carbonyl (C=O) groups excluding carboxylic acids is 1. The van der Waals surface area contributed by atoms with Gasteiger partial charge in [-0.05, 0) is 37.0 Å². The van der Waals surface area contributed by atoms with E-state index in [0.29, 0.717) is 55.6 Å². The zero-order valence-corrected chi connectivity index (χ0v) is 21.7. The maximum Gasteiger partial charge on any atom is 0.332 e. The predicted molar refractivity (Wildman–Crippen MR) is 146 cm³/mol. The van der Waals surface area contributed by atoms with E-state index in [4.69, 9.17) is 9.73 Å². The number of aromatic nitrogens is 3. The molecule has 2 aliphatic rings. The molecule has 0 unspecified atom stereocenters. The first-order chi connectivity index (χ1) is 18.5. The van der Waals surface area contributed by atoms with Crippen LogP contribution in [0.4, 0.5) is 16.4 Å². The predicted octanol–water partition coefficient (Wildman–Crippen LogP) is 3.19. The average Bonchev–Trinajstić information content (AvgIpc) is 3.67. The number of hydrogen-bond donors (Lipinski definition) is 1. The molecule has 198 valence electrons. The van der Waals surface area contributed by atoms with E-state index in [-0.39, 0.29) is 23.3 Å². The molecule has 5 rings (SSSR count). The fourth-order valence-electron chi connectivity index (χ4n) is 4.66. The number of rotatable bonds is 10. The van der Waals surface area contributed by atoms with Crippen LogP contribution < -0.4 is 21.5 Å². The van der Waals surface area contributed by atoms with E-state index >= 15 is 0 Å². The number of methoxy groups -OCH3 is 1. The first kappa shape index (κ1) is 25.6. The third-order valence-electron chi connectivity index (χ3n) is 6.79. The number of pyridine rings is 1. The molecule has 2 aromatic heterocycles. The number of urea groups is 1. The summed E-state index contributed by atoms with van der Waals surface area (Å²) in [6.07, 6.45) is 4.48. The summed E-state index contributed by atoms with van der Waals surface area (Å²) in [5, 5.41) is 2.94. The Morgan fingerprint density at radius 3 is 2.61 bits per heavy atom. The van der Waals surface area contributed by atoms with Crippen LogP contribution in [0, 0.1) is 0 Å². The number of carbonyl (C=O) groups is 1. The number of aliphatic imine (C=N–C) groups is 1. The van der Waals surface area contributed by atoms with Gasteiger partial charge in [0, 0.05) is 44.4 Å². The maximum absolute atomic E-state index is 13.2. The van der Waals surface area contributed by atoms with Crippen LogP contribution in [0.5, 0.6) is 0 Å². The molecule has 0 radical (unpaired) electrons. The Labute approximate surface area is 220 Å². The lowest BCUT2D eigenvalue weighted by Gasteiger charge is -2.22. The van der Waals surface area contributed by atoms with Crippen molar-refractivity contribution in [2.24, 2.45) is 4.99 Å². The summed E-state index contributed by atoms with van der Waals surface area (Å²) in [4.78, 5) is 50.0. The summed E-state index contributed by atoms with van der Waals surface area (Å²) in [6, 6.07) is 13.0. The van der Waals surface area contributed by atoms with Gasteiger partial charge in [0.05, 0.1) is 24.4 Å². The number of fused-ring (bicyclic) bond motifs is 1. The molecule has 0 bridgehead atoms. The molecule has 0 atom stereocenters. The highest BCUT2D eigenvalue weighted by atomic mass is 16.5. The van der Waals surface area contributed by atoms with Crippen molar-refractivity contribution in [3.05, 3.63) is 86.2 Å². The second kappa shape index (κ2) is 11.1. The van der Waals surface area contributed by atoms with E-state index in [0.717, 1.165) is 30.4 Å². The van der Waals surface area contributed by atoms with Crippen molar-refractivity contribution in [1.29, 1.82) is 0 Å². The fraction of sp³-hybridized carbons (Fsp3) is 0.393. The number of ether oxygens (including phenoxy) is 1. The number of nitrogens with zero attached hydrogens (tertiary/aromatic N) is 5. The first-order valence-electron chi connectivity index (χ1n) is 13.0. The average molecular weight is 517 g/mol. The third-order valence-corrected chi connectivity index (χ3v) is 6.79. The van der Waals surface area contributed by atoms with Crippen LogP contribution in [0.15, 0.2) is 63.2 Å². The summed E-state index contributed by atoms with van der Waals surface area (Å²) in [7, 11) is 1.59. The van der Waals surface area contributed by atoms with Gasteiger partial charge in [0.1, 0.15) is 11.6 Å². The Morgan fingerprint density at radius 2 is 1.95 bits per heavy atom. The molecule has 1 aliphatic heterocycles. The van der Waals surface area contributed by atoms with Gasteiger partial charge in [-0.15, -0.1) is 0 Å². The van der Waals surface area contributed by atoms with E-state index in [1.165, 1.54) is 9.47 Å². The number of nitrogens with one attached hydrogen (secondary N) is 1. The lowest BCUT2D eigenvalue weighted by molar-refractivity contribution is 0.202. The van der Waals surface area contributed by atoms with Crippen LogP contribution in [-0.4, -0.2) is 46.1 Å². The van der Waals surface area contributed by atoms with Gasteiger partial charge in [0.25, 0.3) is 5.56 Å². The number of benzene rings is 1. The van der Waals surface area contributed by atoms with Gasteiger partial charge in [-0.25, -0.2) is 19.6 Å². The molecule has 1 saturated carbocycles. The molecule has 3 aromatic rings. The molecule has 2 amide bonds. The monoisotopic (exact) mass is 516 g/mol. The molecule has 10 heteroatoms. The molecular weight excluding hydrogens is 484 g/mol. The zero-order chi connectivity index (χ0) is 26.6. The number of hydrogen-bond acceptors (Lipinski definition) is 6. The van der Waals surface area contributed by atoms with Crippen molar-refractivity contribution in [1.82, 2.24) is 19.4 Å². The maximum atomic E-state index is 13.2. The van der Waals surface area contributed by atoms with Crippen molar-refractivity contribution in [2.75, 3.05) is 25.2 Å². The van der Waals surface area contributed by atoms with Crippen LogP contribution >= 0.6 is 0 Å². The second-order valence-corrected chi connectivity index (χ2v) is 9.57. The highest BCUT2D eigenvalue weighted by Gasteiger charge is 2.32. The summed E-state index contributed by atoms with van der Waals surface area (Å²) in [5.41, 5.74) is 2.49. The molecule has 1 aromatic carbocycles. The molecule has 38 heavy (non-hydrogen) atoms. The summed E-state index contributed by atoms with van der Waals surface area (Å²) >= 11 is 0. The Bertz CT molecular complexity index is 1460. The zero-order valence-electron chi connectivity index (χ0n) is 21.7. The minimum Gasteiger partial charge on any atom is -0.383 e. The van der Waals surface area contributed by atoms with Crippen LogP contribution in [0.2, 0.25) is 0 Å². The number of anilines is 1. The van der Waals surface area contributed by atoms with Crippen LogP contribution in [0.3, 0.4) is 0 Å². The van der Waals surface area contributed by atoms with E-state index in [2.05, 4.69) is 10.3 Å². The van der Waals surface area contributed by atoms with Gasteiger partial charge in [-0.3, -0.25) is 18.8 Å². The highest BCUT2D eigenvalue weighted by molar-refractivity contribution is 6.06. The third kappa shape index (κ3) is 5.17. The summed E-state index contributed by atoms with van der Waals surface area (Å²) in [6.45, 7) is 3.59. The molecule has 10 nitrogen and oxygen atoms in total. The summed E-state index contributed by atoms with van der Waals surface area (Å²) < 4.78 is 8.25. The number of amides is 2. The standard InChI is InChI=1S/C28H32N6O4/c1-3-13-33-25-22(26(35)34(28(33)37)21-10-11-21)16-23(31-25)20-9-12-24(29-18-20)32(14-15-38-2)27(36)30-17-19-7-5-4-6-8-19/h4-9,12,18,21H,3,10-11,13-17H2,1-2H3,(H,30,36). The van der Waals surface area contributed by atoms with E-state index in [9.17, 15) is 14.4 Å². The van der Waals surface area contributed by atoms with Gasteiger partial charge >= 0.3 is 11.7 Å². The van der Waals surface area contributed by atoms with Crippen molar-refractivity contribution < 1.29 is 9.53 Å². The van der Waals surface area contributed by atoms with Gasteiger partial charge in [0.2, 0.25) is 0 Å². The topological polar surface area (TPSA) is 111 Å². The Morgan fingerprint density at radius 1 is 1.16 bits per heavy atom. The normalized spacial score (nSPS) is 14.2. The first-order valence-corrected chi connectivity index (χ1v) is 13.0. The lowest BCUT2D eigenvalue weighted by Crippen LogP contribution is -2.42. The Hall–Kier alpha value is -4.05. The van der Waals surface area contributed by atoms with Gasteiger partial charge in [0.15, 0.2) is 0 Å². The van der Waals surface area contributed by atoms with Crippen molar-refractivity contribution in [3.63, 3.8) is 0 Å².